The van der Waals surface area contributed by atoms with E-state index in [1.807, 2.05) is 0 Å². The number of benzene rings is 1. The van der Waals surface area contributed by atoms with E-state index in [0.717, 1.165) is 36.0 Å². The largest absolute Gasteiger partial charge is 0.346 e. The maximum Gasteiger partial charge on any atom is 0.346 e. The molecule has 1 aliphatic rings. The molecule has 0 bridgehead atoms. The zero-order valence-electron chi connectivity index (χ0n) is 14.4. The van der Waals surface area contributed by atoms with Gasteiger partial charge in [0.15, 0.2) is 0 Å². The van der Waals surface area contributed by atoms with Crippen LogP contribution in [0.15, 0.2) is 27.5 Å². The van der Waals surface area contributed by atoms with Gasteiger partial charge in [-0.3, -0.25) is 14.2 Å². The van der Waals surface area contributed by atoms with E-state index in [9.17, 15) is 14.4 Å². The van der Waals surface area contributed by atoms with Gasteiger partial charge >= 0.3 is 5.69 Å². The van der Waals surface area contributed by atoms with Gasteiger partial charge in [0, 0.05) is 24.4 Å². The topological polar surface area (TPSA) is 98.0 Å². The number of hydrogen-bond donors (Lipinski definition) is 2. The van der Waals surface area contributed by atoms with Crippen LogP contribution in [0.2, 0.25) is 0 Å². The molecule has 0 unspecified atom stereocenters. The van der Waals surface area contributed by atoms with E-state index in [4.69, 9.17) is 0 Å². The second-order valence-corrected chi connectivity index (χ2v) is 7.15. The van der Waals surface area contributed by atoms with Crippen molar-refractivity contribution in [2.75, 3.05) is 10.6 Å². The molecule has 0 saturated heterocycles. The molecule has 3 rings (SSSR count). The van der Waals surface area contributed by atoms with Gasteiger partial charge in [-0.1, -0.05) is 22.4 Å². The second kappa shape index (κ2) is 7.86. The number of rotatable bonds is 4. The lowest BCUT2D eigenvalue weighted by Gasteiger charge is -2.12. The highest BCUT2D eigenvalue weighted by Gasteiger charge is 2.18. The summed E-state index contributed by atoms with van der Waals surface area (Å²) in [5.41, 5.74) is 0.684. The Morgan fingerprint density at radius 3 is 2.77 bits per heavy atom. The second-order valence-electron chi connectivity index (χ2n) is 6.24. The number of carbonyl (C=O) groups is 2. The molecule has 0 spiro atoms. The van der Waals surface area contributed by atoms with Crippen molar-refractivity contribution in [1.29, 1.82) is 0 Å². The summed E-state index contributed by atoms with van der Waals surface area (Å²) < 4.78 is 3.61. The highest BCUT2D eigenvalue weighted by molar-refractivity contribution is 9.10. The van der Waals surface area contributed by atoms with Gasteiger partial charge < -0.3 is 10.6 Å². The lowest BCUT2D eigenvalue weighted by atomic mass is 10.2. The number of hydrogen-bond acceptors (Lipinski definition) is 4. The minimum Gasteiger partial charge on any atom is -0.325 e. The lowest BCUT2D eigenvalue weighted by Crippen LogP contribution is -2.30. The molecule has 0 atom stereocenters. The molecule has 26 heavy (non-hydrogen) atoms. The van der Waals surface area contributed by atoms with Crippen molar-refractivity contribution in [3.63, 3.8) is 0 Å². The maximum atomic E-state index is 12.4. The summed E-state index contributed by atoms with van der Waals surface area (Å²) in [7, 11) is 0. The SMILES string of the molecule is CC(=O)Nc1ccc(Br)cc1NC(=O)Cn1nc2n(c1=O)CCCCC2. The summed E-state index contributed by atoms with van der Waals surface area (Å²) in [6, 6.07) is 5.14. The Morgan fingerprint density at radius 2 is 2.00 bits per heavy atom. The fraction of sp³-hybridized carbons (Fsp3) is 0.412. The molecule has 2 aromatic rings. The van der Waals surface area contributed by atoms with Crippen LogP contribution in [0.3, 0.4) is 0 Å². The smallest absolute Gasteiger partial charge is 0.325 e. The third kappa shape index (κ3) is 4.21. The molecule has 2 heterocycles. The van der Waals surface area contributed by atoms with Crippen molar-refractivity contribution < 1.29 is 9.59 Å². The Kier molecular flexibility index (Phi) is 5.55. The van der Waals surface area contributed by atoms with Gasteiger partial charge in [-0.2, -0.15) is 5.10 Å². The number of aryl methyl sites for hydroxylation is 1. The summed E-state index contributed by atoms with van der Waals surface area (Å²) in [6.07, 6.45) is 3.78. The molecule has 9 heteroatoms. The van der Waals surface area contributed by atoms with Crippen LogP contribution in [0.5, 0.6) is 0 Å². The van der Waals surface area contributed by atoms with Crippen LogP contribution in [-0.2, 0) is 29.1 Å². The van der Waals surface area contributed by atoms with E-state index in [1.165, 1.54) is 11.6 Å². The Balaban J connectivity index is 1.77. The van der Waals surface area contributed by atoms with Gasteiger partial charge in [0.2, 0.25) is 11.8 Å². The van der Waals surface area contributed by atoms with Gasteiger partial charge in [0.05, 0.1) is 11.4 Å². The van der Waals surface area contributed by atoms with Gasteiger partial charge in [-0.25, -0.2) is 9.48 Å². The van der Waals surface area contributed by atoms with Crippen molar-refractivity contribution in [3.05, 3.63) is 39.0 Å². The molecule has 8 nitrogen and oxygen atoms in total. The molecule has 2 N–H and O–H groups in total. The Morgan fingerprint density at radius 1 is 1.19 bits per heavy atom. The van der Waals surface area contributed by atoms with E-state index < -0.39 is 0 Å². The van der Waals surface area contributed by atoms with Crippen LogP contribution >= 0.6 is 15.9 Å². The molecular formula is C17H20BrN5O3. The van der Waals surface area contributed by atoms with Gasteiger partial charge in [0.1, 0.15) is 12.4 Å². The van der Waals surface area contributed by atoms with Crippen molar-refractivity contribution in [3.8, 4) is 0 Å². The first-order valence-electron chi connectivity index (χ1n) is 8.47. The fourth-order valence-corrected chi connectivity index (χ4v) is 3.33. The molecular weight excluding hydrogens is 402 g/mol. The number of carbonyl (C=O) groups excluding carboxylic acids is 2. The number of nitrogens with zero attached hydrogens (tertiary/aromatic N) is 3. The van der Waals surface area contributed by atoms with Crippen molar-refractivity contribution >= 4 is 39.1 Å². The van der Waals surface area contributed by atoms with Crippen LogP contribution in [0, 0.1) is 0 Å². The quantitative estimate of drug-likeness (QED) is 0.789. The van der Waals surface area contributed by atoms with E-state index >= 15 is 0 Å². The molecule has 2 amide bonds. The minimum atomic E-state index is -0.384. The Bertz CT molecular complexity index is 902. The summed E-state index contributed by atoms with van der Waals surface area (Å²) in [6.45, 7) is 1.87. The average Bonchev–Trinajstić information content (AvgIpc) is 2.74. The third-order valence-electron chi connectivity index (χ3n) is 4.14. The molecule has 1 aromatic carbocycles. The number of fused-ring (bicyclic) bond motifs is 1. The number of aromatic nitrogens is 3. The Hall–Kier alpha value is -2.42. The fourth-order valence-electron chi connectivity index (χ4n) is 2.97. The van der Waals surface area contributed by atoms with Crippen LogP contribution in [0.25, 0.3) is 0 Å². The van der Waals surface area contributed by atoms with E-state index in [0.29, 0.717) is 17.9 Å². The van der Waals surface area contributed by atoms with Crippen LogP contribution in [0.4, 0.5) is 11.4 Å². The van der Waals surface area contributed by atoms with Gasteiger partial charge in [0.25, 0.3) is 0 Å². The highest BCUT2D eigenvalue weighted by Crippen LogP contribution is 2.26. The number of anilines is 2. The lowest BCUT2D eigenvalue weighted by molar-refractivity contribution is -0.117. The Labute approximate surface area is 158 Å². The van der Waals surface area contributed by atoms with E-state index in [-0.39, 0.29) is 24.0 Å². The van der Waals surface area contributed by atoms with Crippen LogP contribution in [-0.4, -0.2) is 26.2 Å². The number of amides is 2. The molecule has 0 fully saturated rings. The normalized spacial score (nSPS) is 13.6. The molecule has 138 valence electrons. The zero-order chi connectivity index (χ0) is 18.7. The highest BCUT2D eigenvalue weighted by atomic mass is 79.9. The van der Waals surface area contributed by atoms with E-state index in [2.05, 4.69) is 31.7 Å². The summed E-state index contributed by atoms with van der Waals surface area (Å²) in [4.78, 5) is 36.2. The molecule has 0 aliphatic carbocycles. The molecule has 1 aliphatic heterocycles. The first-order valence-corrected chi connectivity index (χ1v) is 9.27. The number of halogens is 1. The maximum absolute atomic E-state index is 12.4. The van der Waals surface area contributed by atoms with Gasteiger partial charge in [-0.05, 0) is 31.0 Å². The van der Waals surface area contributed by atoms with Crippen molar-refractivity contribution in [2.24, 2.45) is 0 Å². The first-order chi connectivity index (χ1) is 12.4. The molecule has 0 saturated carbocycles. The summed E-state index contributed by atoms with van der Waals surface area (Å²) >= 11 is 3.34. The predicted octanol–water partition coefficient (Wildman–Crippen LogP) is 2.13. The third-order valence-corrected chi connectivity index (χ3v) is 4.63. The average molecular weight is 422 g/mol. The number of nitrogens with one attached hydrogen (secondary N) is 2. The van der Waals surface area contributed by atoms with Crippen molar-refractivity contribution in [1.82, 2.24) is 14.3 Å². The van der Waals surface area contributed by atoms with Crippen LogP contribution in [0.1, 0.15) is 32.0 Å². The van der Waals surface area contributed by atoms with E-state index in [1.54, 1.807) is 22.8 Å². The van der Waals surface area contributed by atoms with Crippen molar-refractivity contribution in [2.45, 2.75) is 45.7 Å². The minimum absolute atomic E-state index is 0.176. The molecule has 1 aromatic heterocycles. The molecule has 0 radical (unpaired) electrons. The van der Waals surface area contributed by atoms with Gasteiger partial charge in [-0.15, -0.1) is 0 Å². The summed E-state index contributed by atoms with van der Waals surface area (Å²) in [5, 5.41) is 9.71. The van der Waals surface area contributed by atoms with Crippen LogP contribution < -0.4 is 16.3 Å². The predicted molar refractivity (Wildman–Crippen MR) is 101 cm³/mol. The monoisotopic (exact) mass is 421 g/mol. The standard InChI is InChI=1S/C17H20BrN5O3/c1-11(24)19-13-7-6-12(18)9-14(13)20-16(25)10-23-17(26)22-8-4-2-3-5-15(22)21-23/h6-7,9H,2-5,8,10H2,1H3,(H,19,24)(H,20,25). The summed E-state index contributed by atoms with van der Waals surface area (Å²) in [5.74, 6) is 0.114. The zero-order valence-corrected chi connectivity index (χ0v) is 16.0. The first kappa shape index (κ1) is 18.4.